The lowest BCUT2D eigenvalue weighted by atomic mass is 10.2. The van der Waals surface area contributed by atoms with Crippen LogP contribution in [0.2, 0.25) is 5.02 Å². The third-order valence-corrected chi connectivity index (χ3v) is 5.73. The maximum Gasteiger partial charge on any atom is 0.256 e. The molecule has 0 aliphatic rings. The second-order valence-corrected chi connectivity index (χ2v) is 7.87. The van der Waals surface area contributed by atoms with Gasteiger partial charge in [0.2, 0.25) is 15.6 Å². The molecular formula is C16H13ClN4O2S. The Kier molecular flexibility index (Phi) is 3.36. The summed E-state index contributed by atoms with van der Waals surface area (Å²) < 4.78 is 29.1. The molecule has 0 radical (unpaired) electrons. The Bertz CT molecular complexity index is 1160. The molecular weight excluding hydrogens is 348 g/mol. The number of para-hydroxylation sites is 2. The molecule has 0 fully saturated rings. The molecule has 2 aromatic carbocycles. The van der Waals surface area contributed by atoms with Gasteiger partial charge in [-0.1, -0.05) is 35.9 Å². The van der Waals surface area contributed by atoms with Crippen molar-refractivity contribution in [3.05, 3.63) is 59.1 Å². The van der Waals surface area contributed by atoms with Crippen LogP contribution in [0.3, 0.4) is 0 Å². The molecule has 4 aromatic rings. The van der Waals surface area contributed by atoms with Gasteiger partial charge in [-0.05, 0) is 29.8 Å². The van der Waals surface area contributed by atoms with Crippen LogP contribution in [0.5, 0.6) is 0 Å². The van der Waals surface area contributed by atoms with Crippen molar-refractivity contribution in [3.8, 4) is 0 Å². The first kappa shape index (κ1) is 15.2. The van der Waals surface area contributed by atoms with Crippen LogP contribution in [-0.4, -0.2) is 27.6 Å². The third kappa shape index (κ3) is 2.28. The normalized spacial score (nSPS) is 12.2. The molecule has 6 nitrogen and oxygen atoms in total. The first-order chi connectivity index (χ1) is 11.5. The zero-order valence-electron chi connectivity index (χ0n) is 12.7. The maximum absolute atomic E-state index is 12.8. The number of fused-ring (bicyclic) bond motifs is 3. The molecule has 2 heterocycles. The number of aryl methyl sites for hydroxylation is 1. The molecule has 0 aliphatic heterocycles. The minimum absolute atomic E-state index is 0.0516. The Morgan fingerprint density at radius 3 is 2.38 bits per heavy atom. The standard InChI is InChI=1S/C16H13ClN4O2S/c1-20-13-4-2-3-5-14(13)21-15(20)18-19-16(21)24(22,23)10-11-6-8-12(17)9-7-11/h2-9H,10H2,1H3. The molecule has 0 bridgehead atoms. The summed E-state index contributed by atoms with van der Waals surface area (Å²) in [5, 5.41) is 8.50. The average molecular weight is 361 g/mol. The number of halogens is 1. The van der Waals surface area contributed by atoms with E-state index in [2.05, 4.69) is 10.2 Å². The van der Waals surface area contributed by atoms with Crippen molar-refractivity contribution in [1.82, 2.24) is 19.2 Å². The van der Waals surface area contributed by atoms with E-state index in [1.807, 2.05) is 35.9 Å². The molecule has 0 spiro atoms. The number of sulfone groups is 1. The van der Waals surface area contributed by atoms with Crippen molar-refractivity contribution in [3.63, 3.8) is 0 Å². The molecule has 2 aromatic heterocycles. The highest BCUT2D eigenvalue weighted by Gasteiger charge is 2.25. The molecule has 0 saturated carbocycles. The number of aromatic nitrogens is 4. The molecule has 8 heteroatoms. The van der Waals surface area contributed by atoms with E-state index in [1.165, 1.54) is 0 Å². The van der Waals surface area contributed by atoms with E-state index in [1.54, 1.807) is 28.7 Å². The molecule has 0 saturated heterocycles. The van der Waals surface area contributed by atoms with Crippen molar-refractivity contribution >= 4 is 38.2 Å². The molecule has 0 atom stereocenters. The van der Waals surface area contributed by atoms with E-state index in [0.717, 1.165) is 11.0 Å². The Morgan fingerprint density at radius 2 is 1.67 bits per heavy atom. The topological polar surface area (TPSA) is 69.3 Å². The zero-order chi connectivity index (χ0) is 16.9. The largest absolute Gasteiger partial charge is 0.311 e. The summed E-state index contributed by atoms with van der Waals surface area (Å²) in [6.45, 7) is 0. The molecule has 0 aliphatic carbocycles. The monoisotopic (exact) mass is 360 g/mol. The number of rotatable bonds is 3. The van der Waals surface area contributed by atoms with Crippen LogP contribution in [0.4, 0.5) is 0 Å². The average Bonchev–Trinajstić information content (AvgIpc) is 3.11. The second-order valence-electron chi connectivity index (χ2n) is 5.55. The fourth-order valence-corrected chi connectivity index (χ4v) is 4.31. The number of hydrogen-bond donors (Lipinski definition) is 0. The van der Waals surface area contributed by atoms with Crippen LogP contribution in [-0.2, 0) is 22.6 Å². The SMILES string of the molecule is Cn1c2ccccc2n2c(S(=O)(=O)Cc3ccc(Cl)cc3)nnc12. The molecule has 4 rings (SSSR count). The van der Waals surface area contributed by atoms with Gasteiger partial charge >= 0.3 is 0 Å². The highest BCUT2D eigenvalue weighted by atomic mass is 35.5. The highest BCUT2D eigenvalue weighted by Crippen LogP contribution is 2.24. The minimum Gasteiger partial charge on any atom is -0.311 e. The summed E-state index contributed by atoms with van der Waals surface area (Å²) in [5.41, 5.74) is 2.30. The van der Waals surface area contributed by atoms with Crippen LogP contribution in [0.15, 0.2) is 53.7 Å². The first-order valence-corrected chi connectivity index (χ1v) is 9.26. The summed E-state index contributed by atoms with van der Waals surface area (Å²) in [6, 6.07) is 14.3. The van der Waals surface area contributed by atoms with Gasteiger partial charge in [0.05, 0.1) is 16.8 Å². The lowest BCUT2D eigenvalue weighted by molar-refractivity contribution is 0.585. The van der Waals surface area contributed by atoms with Crippen molar-refractivity contribution < 1.29 is 8.42 Å². The zero-order valence-corrected chi connectivity index (χ0v) is 14.3. The van der Waals surface area contributed by atoms with E-state index >= 15 is 0 Å². The summed E-state index contributed by atoms with van der Waals surface area (Å²) in [4.78, 5) is 0. The van der Waals surface area contributed by atoms with Gasteiger partial charge in [0, 0.05) is 12.1 Å². The number of nitrogens with zero attached hydrogens (tertiary/aromatic N) is 4. The van der Waals surface area contributed by atoms with Crippen LogP contribution in [0.25, 0.3) is 16.8 Å². The number of imidazole rings is 1. The fraction of sp³-hybridized carbons (Fsp3) is 0.125. The molecule has 0 amide bonds. The molecule has 24 heavy (non-hydrogen) atoms. The Labute approximate surface area is 143 Å². The van der Waals surface area contributed by atoms with E-state index in [4.69, 9.17) is 11.6 Å². The summed E-state index contributed by atoms with van der Waals surface area (Å²) in [5.74, 6) is 0.333. The van der Waals surface area contributed by atoms with E-state index < -0.39 is 9.84 Å². The van der Waals surface area contributed by atoms with Gasteiger partial charge in [0.15, 0.2) is 0 Å². The van der Waals surface area contributed by atoms with Gasteiger partial charge in [0.25, 0.3) is 5.16 Å². The summed E-state index contributed by atoms with van der Waals surface area (Å²) in [6.07, 6.45) is 0. The van der Waals surface area contributed by atoms with Crippen LogP contribution < -0.4 is 0 Å². The van der Waals surface area contributed by atoms with Gasteiger partial charge in [0.1, 0.15) is 0 Å². The van der Waals surface area contributed by atoms with Crippen LogP contribution >= 0.6 is 11.6 Å². The first-order valence-electron chi connectivity index (χ1n) is 7.23. The Morgan fingerprint density at radius 1 is 1.00 bits per heavy atom. The summed E-state index contributed by atoms with van der Waals surface area (Å²) in [7, 11) is -1.82. The minimum atomic E-state index is -3.65. The molecule has 0 unspecified atom stereocenters. The van der Waals surface area contributed by atoms with Crippen molar-refractivity contribution in [1.29, 1.82) is 0 Å². The number of hydrogen-bond acceptors (Lipinski definition) is 4. The van der Waals surface area contributed by atoms with Gasteiger partial charge in [-0.15, -0.1) is 10.2 Å². The highest BCUT2D eigenvalue weighted by molar-refractivity contribution is 7.90. The maximum atomic E-state index is 12.8. The van der Waals surface area contributed by atoms with E-state index in [9.17, 15) is 8.42 Å². The third-order valence-electron chi connectivity index (χ3n) is 3.95. The lowest BCUT2D eigenvalue weighted by Gasteiger charge is -2.03. The Balaban J connectivity index is 1.89. The van der Waals surface area contributed by atoms with E-state index in [0.29, 0.717) is 16.4 Å². The van der Waals surface area contributed by atoms with Crippen LogP contribution in [0, 0.1) is 0 Å². The number of benzene rings is 2. The van der Waals surface area contributed by atoms with Gasteiger partial charge in [-0.2, -0.15) is 0 Å². The lowest BCUT2D eigenvalue weighted by Crippen LogP contribution is -2.09. The molecule has 0 N–H and O–H groups in total. The van der Waals surface area contributed by atoms with Gasteiger partial charge in [-0.3, -0.25) is 0 Å². The van der Waals surface area contributed by atoms with Crippen molar-refractivity contribution in [2.24, 2.45) is 7.05 Å². The Hall–Kier alpha value is -2.38. The summed E-state index contributed by atoms with van der Waals surface area (Å²) >= 11 is 5.85. The van der Waals surface area contributed by atoms with Gasteiger partial charge < -0.3 is 4.57 Å². The van der Waals surface area contributed by atoms with Crippen LogP contribution in [0.1, 0.15) is 5.56 Å². The van der Waals surface area contributed by atoms with Crippen molar-refractivity contribution in [2.75, 3.05) is 0 Å². The predicted octanol–water partition coefficient (Wildman–Crippen LogP) is 2.85. The smallest absolute Gasteiger partial charge is 0.256 e. The van der Waals surface area contributed by atoms with E-state index in [-0.39, 0.29) is 10.9 Å². The fourth-order valence-electron chi connectivity index (χ4n) is 2.80. The van der Waals surface area contributed by atoms with Crippen molar-refractivity contribution in [2.45, 2.75) is 10.9 Å². The molecule has 122 valence electrons. The quantitative estimate of drug-likeness (QED) is 0.563. The second kappa shape index (κ2) is 5.32. The predicted molar refractivity (Wildman–Crippen MR) is 91.8 cm³/mol. The van der Waals surface area contributed by atoms with Gasteiger partial charge in [-0.25, -0.2) is 12.8 Å².